The van der Waals surface area contributed by atoms with Crippen molar-refractivity contribution >= 4 is 17.0 Å². The third-order valence-electron chi connectivity index (χ3n) is 5.37. The molecule has 0 atom stereocenters. The summed E-state index contributed by atoms with van der Waals surface area (Å²) in [6, 6.07) is 12.8. The van der Waals surface area contributed by atoms with Crippen LogP contribution in [0.15, 0.2) is 46.6 Å². The van der Waals surface area contributed by atoms with E-state index >= 15 is 0 Å². The lowest BCUT2D eigenvalue weighted by atomic mass is 10.1. The average molecular weight is 395 g/mol. The summed E-state index contributed by atoms with van der Waals surface area (Å²) in [6.07, 6.45) is 0.815. The van der Waals surface area contributed by atoms with E-state index in [0.717, 1.165) is 48.7 Å². The monoisotopic (exact) mass is 394 g/mol. The van der Waals surface area contributed by atoms with Crippen molar-refractivity contribution in [2.45, 2.75) is 33.4 Å². The highest BCUT2D eigenvalue weighted by Crippen LogP contribution is 2.23. The fourth-order valence-corrected chi connectivity index (χ4v) is 4.47. The van der Waals surface area contributed by atoms with Crippen LogP contribution in [0.1, 0.15) is 30.7 Å². The number of aromatic nitrogens is 2. The van der Waals surface area contributed by atoms with E-state index < -0.39 is 0 Å². The van der Waals surface area contributed by atoms with E-state index in [1.807, 2.05) is 17.5 Å². The summed E-state index contributed by atoms with van der Waals surface area (Å²) in [5.41, 5.74) is 4.29. The van der Waals surface area contributed by atoms with Gasteiger partial charge in [0.25, 0.3) is 5.56 Å². The summed E-state index contributed by atoms with van der Waals surface area (Å²) >= 11 is 1.60. The molecule has 0 bridgehead atoms. The number of aromatic amines is 1. The molecule has 2 aromatic heterocycles. The molecule has 1 N–H and O–H groups in total. The molecule has 0 radical (unpaired) electrons. The maximum atomic E-state index is 12.6. The maximum absolute atomic E-state index is 12.6. The van der Waals surface area contributed by atoms with Crippen LogP contribution in [0.3, 0.4) is 0 Å². The molecule has 4 rings (SSSR count). The Morgan fingerprint density at radius 2 is 1.96 bits per heavy atom. The molecule has 0 saturated carbocycles. The van der Waals surface area contributed by atoms with Crippen LogP contribution in [0.2, 0.25) is 0 Å². The lowest BCUT2D eigenvalue weighted by Crippen LogP contribution is -2.35. The first kappa shape index (κ1) is 18.9. The Balaban J connectivity index is 1.48. The molecule has 6 heteroatoms. The number of hydrogen-bond donors (Lipinski definition) is 1. The predicted octanol–water partition coefficient (Wildman–Crippen LogP) is 3.90. The fourth-order valence-electron chi connectivity index (χ4n) is 3.81. The second kappa shape index (κ2) is 8.29. The first-order valence-corrected chi connectivity index (χ1v) is 10.8. The Morgan fingerprint density at radius 3 is 2.64 bits per heavy atom. The van der Waals surface area contributed by atoms with Gasteiger partial charge in [-0.15, -0.1) is 11.3 Å². The third-order valence-corrected chi connectivity index (χ3v) is 6.25. The molecule has 5 nitrogen and oxygen atoms in total. The van der Waals surface area contributed by atoms with Gasteiger partial charge in [-0.3, -0.25) is 9.69 Å². The molecular formula is C22H26N4OS. The van der Waals surface area contributed by atoms with Crippen molar-refractivity contribution in [1.82, 2.24) is 14.9 Å². The number of H-pyrrole nitrogens is 1. The molecule has 1 aliphatic heterocycles. The van der Waals surface area contributed by atoms with Crippen LogP contribution < -0.4 is 10.5 Å². The normalized spacial score (nSPS) is 14.1. The van der Waals surface area contributed by atoms with E-state index in [0.29, 0.717) is 12.4 Å². The van der Waals surface area contributed by atoms with Crippen LogP contribution in [-0.4, -0.2) is 34.5 Å². The van der Waals surface area contributed by atoms with Gasteiger partial charge in [-0.25, -0.2) is 4.98 Å². The zero-order chi connectivity index (χ0) is 19.5. The second-order valence-electron chi connectivity index (χ2n) is 7.12. The largest absolute Gasteiger partial charge is 0.372 e. The summed E-state index contributed by atoms with van der Waals surface area (Å²) in [4.78, 5) is 26.0. The van der Waals surface area contributed by atoms with E-state index in [9.17, 15) is 4.79 Å². The van der Waals surface area contributed by atoms with Gasteiger partial charge in [0.15, 0.2) is 5.82 Å². The van der Waals surface area contributed by atoms with Crippen LogP contribution in [-0.2, 0) is 19.5 Å². The summed E-state index contributed by atoms with van der Waals surface area (Å²) in [5, 5.41) is 2.00. The number of benzene rings is 1. The third kappa shape index (κ3) is 3.88. The van der Waals surface area contributed by atoms with Crippen molar-refractivity contribution in [3.63, 3.8) is 0 Å². The second-order valence-corrected chi connectivity index (χ2v) is 8.06. The van der Waals surface area contributed by atoms with Crippen LogP contribution in [0.25, 0.3) is 10.7 Å². The predicted molar refractivity (Wildman–Crippen MR) is 116 cm³/mol. The Morgan fingerprint density at radius 1 is 1.18 bits per heavy atom. The number of fused-ring (bicyclic) bond motifs is 1. The van der Waals surface area contributed by atoms with Crippen molar-refractivity contribution in [3.05, 3.63) is 69.0 Å². The number of nitrogens with one attached hydrogen (secondary N) is 1. The summed E-state index contributed by atoms with van der Waals surface area (Å²) in [7, 11) is 0. The van der Waals surface area contributed by atoms with E-state index in [4.69, 9.17) is 4.98 Å². The van der Waals surface area contributed by atoms with Crippen LogP contribution >= 0.6 is 11.3 Å². The van der Waals surface area contributed by atoms with Crippen molar-refractivity contribution < 1.29 is 0 Å². The minimum atomic E-state index is -0.00465. The van der Waals surface area contributed by atoms with Gasteiger partial charge in [0, 0.05) is 44.8 Å². The van der Waals surface area contributed by atoms with Crippen LogP contribution in [0, 0.1) is 0 Å². The molecule has 0 fully saturated rings. The maximum Gasteiger partial charge on any atom is 0.255 e. The summed E-state index contributed by atoms with van der Waals surface area (Å²) in [6.45, 7) is 8.81. The molecule has 0 unspecified atom stereocenters. The standard InChI is InChI=1S/C22H26N4OS/c1-3-26(4-2)17-9-7-16(8-10-17)14-25-12-11-19-18(15-25)22(27)24-21(23-19)20-6-5-13-28-20/h5-10,13H,3-4,11-12,14-15H2,1-2H3,(H,23,24,27). The molecule has 146 valence electrons. The van der Waals surface area contributed by atoms with E-state index in [1.54, 1.807) is 11.3 Å². The highest BCUT2D eigenvalue weighted by molar-refractivity contribution is 7.13. The Kier molecular flexibility index (Phi) is 5.59. The van der Waals surface area contributed by atoms with Gasteiger partial charge in [0.1, 0.15) is 0 Å². The lowest BCUT2D eigenvalue weighted by molar-refractivity contribution is 0.242. The molecule has 28 heavy (non-hydrogen) atoms. The molecule has 3 aromatic rings. The number of rotatable bonds is 6. The number of nitrogens with zero attached hydrogens (tertiary/aromatic N) is 3. The van der Waals surface area contributed by atoms with Gasteiger partial charge in [-0.1, -0.05) is 18.2 Å². The number of hydrogen-bond acceptors (Lipinski definition) is 5. The molecule has 0 amide bonds. The molecule has 0 aliphatic carbocycles. The smallest absolute Gasteiger partial charge is 0.255 e. The molecule has 0 spiro atoms. The summed E-state index contributed by atoms with van der Waals surface area (Å²) < 4.78 is 0. The van der Waals surface area contributed by atoms with Crippen molar-refractivity contribution in [3.8, 4) is 10.7 Å². The zero-order valence-electron chi connectivity index (χ0n) is 16.4. The quantitative estimate of drug-likeness (QED) is 0.689. The Labute approximate surface area is 169 Å². The van der Waals surface area contributed by atoms with Crippen molar-refractivity contribution in [2.75, 3.05) is 24.5 Å². The highest BCUT2D eigenvalue weighted by Gasteiger charge is 2.21. The highest BCUT2D eigenvalue weighted by atomic mass is 32.1. The molecule has 1 aromatic carbocycles. The first-order chi connectivity index (χ1) is 13.7. The average Bonchev–Trinajstić information content (AvgIpc) is 3.25. The minimum Gasteiger partial charge on any atom is -0.372 e. The molecular weight excluding hydrogens is 368 g/mol. The Hall–Kier alpha value is -2.44. The van der Waals surface area contributed by atoms with Gasteiger partial charge in [-0.2, -0.15) is 0 Å². The zero-order valence-corrected chi connectivity index (χ0v) is 17.3. The van der Waals surface area contributed by atoms with Gasteiger partial charge in [0.05, 0.1) is 16.1 Å². The number of thiophene rings is 1. The van der Waals surface area contributed by atoms with Gasteiger partial charge in [-0.05, 0) is 43.0 Å². The van der Waals surface area contributed by atoms with E-state index in [-0.39, 0.29) is 5.56 Å². The number of anilines is 1. The minimum absolute atomic E-state index is 0.00465. The van der Waals surface area contributed by atoms with Gasteiger partial charge < -0.3 is 9.88 Å². The van der Waals surface area contributed by atoms with Crippen LogP contribution in [0.4, 0.5) is 5.69 Å². The van der Waals surface area contributed by atoms with Crippen molar-refractivity contribution in [2.24, 2.45) is 0 Å². The SMILES string of the molecule is CCN(CC)c1ccc(CN2CCc3nc(-c4cccs4)[nH]c(=O)c3C2)cc1. The summed E-state index contributed by atoms with van der Waals surface area (Å²) in [5.74, 6) is 0.694. The van der Waals surface area contributed by atoms with E-state index in [1.165, 1.54) is 11.3 Å². The van der Waals surface area contributed by atoms with Gasteiger partial charge in [0.2, 0.25) is 0 Å². The molecule has 3 heterocycles. The van der Waals surface area contributed by atoms with E-state index in [2.05, 4.69) is 52.9 Å². The topological polar surface area (TPSA) is 52.2 Å². The lowest BCUT2D eigenvalue weighted by Gasteiger charge is -2.28. The van der Waals surface area contributed by atoms with Crippen LogP contribution in [0.5, 0.6) is 0 Å². The van der Waals surface area contributed by atoms with Crippen molar-refractivity contribution in [1.29, 1.82) is 0 Å². The molecule has 0 saturated heterocycles. The fraction of sp³-hybridized carbons (Fsp3) is 0.364. The van der Waals surface area contributed by atoms with Gasteiger partial charge >= 0.3 is 0 Å². The first-order valence-electron chi connectivity index (χ1n) is 9.90. The molecule has 1 aliphatic rings. The Bertz CT molecular complexity index is 975.